The van der Waals surface area contributed by atoms with E-state index in [4.69, 9.17) is 25.8 Å². The molecule has 3 aromatic carbocycles. The molecule has 0 N–H and O–H groups in total. The minimum absolute atomic E-state index is 0.290. The standard InChI is InChI=1S/C38H42ClN3O3/c1-4-31-20-35(39)38(21-37(31)44-25-30-19-29(22-40)23-41-24-30)45-26-32-11-8-12-33(27(32)2)34-13-9-14-36(28(34)3)43-18-10-17-42-15-6-5-7-16-42/h8-9,11-14,19-21,23-24H,4-7,10,15-18,25-26H2,1-3H3. The SMILES string of the molecule is CCc1cc(Cl)c(OCc2cccc(-c3cccc(OCCCN4CCCCC4)c3C)c2C)cc1OCc1cncc(C#N)c1. The summed E-state index contributed by atoms with van der Waals surface area (Å²) in [6, 6.07) is 20.3. The van der Waals surface area contributed by atoms with Crippen molar-refractivity contribution < 1.29 is 14.2 Å². The minimum atomic E-state index is 0.290. The number of ether oxygens (including phenoxy) is 3. The quantitative estimate of drug-likeness (QED) is 0.139. The predicted molar refractivity (Wildman–Crippen MR) is 180 cm³/mol. The van der Waals surface area contributed by atoms with E-state index in [-0.39, 0.29) is 6.61 Å². The van der Waals surface area contributed by atoms with Crippen LogP contribution in [0.5, 0.6) is 17.2 Å². The zero-order valence-electron chi connectivity index (χ0n) is 26.6. The van der Waals surface area contributed by atoms with Crippen LogP contribution in [0.2, 0.25) is 5.02 Å². The Kier molecular flexibility index (Phi) is 11.4. The molecule has 2 heterocycles. The number of pyridine rings is 1. The highest BCUT2D eigenvalue weighted by molar-refractivity contribution is 6.32. The van der Waals surface area contributed by atoms with Crippen molar-refractivity contribution in [3.8, 4) is 34.4 Å². The molecule has 1 fully saturated rings. The van der Waals surface area contributed by atoms with Gasteiger partial charge in [0.25, 0.3) is 0 Å². The van der Waals surface area contributed by atoms with Crippen LogP contribution in [-0.4, -0.2) is 36.1 Å². The molecule has 45 heavy (non-hydrogen) atoms. The number of halogens is 1. The van der Waals surface area contributed by atoms with Gasteiger partial charge in [-0.2, -0.15) is 5.26 Å². The van der Waals surface area contributed by atoms with Crippen LogP contribution in [0.15, 0.2) is 67.0 Å². The van der Waals surface area contributed by atoms with E-state index in [1.54, 1.807) is 12.3 Å². The van der Waals surface area contributed by atoms with Gasteiger partial charge in [-0.3, -0.25) is 4.98 Å². The molecule has 0 unspecified atom stereocenters. The molecule has 5 rings (SSSR count). The summed E-state index contributed by atoms with van der Waals surface area (Å²) in [6.07, 6.45) is 9.03. The van der Waals surface area contributed by atoms with Crippen molar-refractivity contribution in [3.05, 3.63) is 105 Å². The number of hydrogen-bond acceptors (Lipinski definition) is 6. The van der Waals surface area contributed by atoms with E-state index in [2.05, 4.69) is 73.1 Å². The molecule has 0 amide bonds. The summed E-state index contributed by atoms with van der Waals surface area (Å²) in [5.74, 6) is 2.21. The maximum Gasteiger partial charge on any atom is 0.142 e. The van der Waals surface area contributed by atoms with Gasteiger partial charge in [0.2, 0.25) is 0 Å². The second-order valence-corrected chi connectivity index (χ2v) is 12.0. The number of rotatable bonds is 13. The molecule has 234 valence electrons. The van der Waals surface area contributed by atoms with Crippen molar-refractivity contribution in [2.75, 3.05) is 26.2 Å². The van der Waals surface area contributed by atoms with Gasteiger partial charge in [0.1, 0.15) is 36.5 Å². The van der Waals surface area contributed by atoms with Crippen LogP contribution in [0, 0.1) is 25.2 Å². The van der Waals surface area contributed by atoms with Crippen LogP contribution >= 0.6 is 11.6 Å². The average Bonchev–Trinajstić information content (AvgIpc) is 3.07. The van der Waals surface area contributed by atoms with Crippen LogP contribution in [0.3, 0.4) is 0 Å². The van der Waals surface area contributed by atoms with Crippen LogP contribution in [0.1, 0.15) is 66.0 Å². The Hall–Kier alpha value is -4.05. The summed E-state index contributed by atoms with van der Waals surface area (Å²) in [5, 5.41) is 9.73. The highest BCUT2D eigenvalue weighted by Crippen LogP contribution is 2.36. The number of nitrogens with zero attached hydrogens (tertiary/aromatic N) is 3. The normalized spacial score (nSPS) is 13.3. The lowest BCUT2D eigenvalue weighted by atomic mass is 9.93. The molecule has 4 aromatic rings. The van der Waals surface area contributed by atoms with Gasteiger partial charge in [0, 0.05) is 30.6 Å². The molecule has 1 aliphatic heterocycles. The second kappa shape index (κ2) is 15.8. The van der Waals surface area contributed by atoms with Crippen molar-refractivity contribution in [1.29, 1.82) is 5.26 Å². The molecule has 6 nitrogen and oxygen atoms in total. The van der Waals surface area contributed by atoms with Crippen molar-refractivity contribution in [2.24, 2.45) is 0 Å². The van der Waals surface area contributed by atoms with Gasteiger partial charge in [0.05, 0.1) is 17.2 Å². The fourth-order valence-corrected chi connectivity index (χ4v) is 6.13. The zero-order chi connectivity index (χ0) is 31.6. The van der Waals surface area contributed by atoms with E-state index in [9.17, 15) is 5.26 Å². The molecule has 0 spiro atoms. The van der Waals surface area contributed by atoms with E-state index < -0.39 is 0 Å². The summed E-state index contributed by atoms with van der Waals surface area (Å²) in [7, 11) is 0. The number of nitriles is 1. The number of benzene rings is 3. The van der Waals surface area contributed by atoms with Gasteiger partial charge in [-0.25, -0.2) is 0 Å². The molecule has 0 radical (unpaired) electrons. The van der Waals surface area contributed by atoms with Gasteiger partial charge >= 0.3 is 0 Å². The van der Waals surface area contributed by atoms with Gasteiger partial charge in [-0.1, -0.05) is 55.3 Å². The molecule has 0 saturated carbocycles. The van der Waals surface area contributed by atoms with E-state index in [0.717, 1.165) is 65.1 Å². The van der Waals surface area contributed by atoms with Crippen molar-refractivity contribution in [2.45, 2.75) is 66.1 Å². The Bertz CT molecular complexity index is 1640. The summed E-state index contributed by atoms with van der Waals surface area (Å²) in [5.41, 5.74) is 8.02. The Labute approximate surface area is 272 Å². The largest absolute Gasteiger partial charge is 0.493 e. The number of piperidine rings is 1. The smallest absolute Gasteiger partial charge is 0.142 e. The zero-order valence-corrected chi connectivity index (χ0v) is 27.3. The summed E-state index contributed by atoms with van der Waals surface area (Å²) in [4.78, 5) is 6.68. The van der Waals surface area contributed by atoms with Crippen LogP contribution in [0.25, 0.3) is 11.1 Å². The Morgan fingerprint density at radius 3 is 2.36 bits per heavy atom. The van der Waals surface area contributed by atoms with Gasteiger partial charge < -0.3 is 19.1 Å². The first-order chi connectivity index (χ1) is 22.0. The molecular weight excluding hydrogens is 582 g/mol. The Morgan fingerprint density at radius 1 is 0.822 bits per heavy atom. The van der Waals surface area contributed by atoms with Crippen LogP contribution in [0.4, 0.5) is 0 Å². The van der Waals surface area contributed by atoms with Crippen LogP contribution in [-0.2, 0) is 19.6 Å². The third-order valence-corrected chi connectivity index (χ3v) is 8.84. The summed E-state index contributed by atoms with van der Waals surface area (Å²) in [6.45, 7) is 11.3. The first-order valence-electron chi connectivity index (χ1n) is 15.9. The van der Waals surface area contributed by atoms with E-state index in [0.29, 0.717) is 28.7 Å². The number of hydrogen-bond donors (Lipinski definition) is 0. The third kappa shape index (κ3) is 8.36. The number of aromatic nitrogens is 1. The lowest BCUT2D eigenvalue weighted by Crippen LogP contribution is -2.31. The third-order valence-electron chi connectivity index (χ3n) is 8.54. The summed E-state index contributed by atoms with van der Waals surface area (Å²) < 4.78 is 18.7. The lowest BCUT2D eigenvalue weighted by molar-refractivity contribution is 0.204. The van der Waals surface area contributed by atoms with E-state index >= 15 is 0 Å². The molecule has 0 atom stereocenters. The van der Waals surface area contributed by atoms with E-state index in [1.807, 2.05) is 12.1 Å². The highest BCUT2D eigenvalue weighted by Gasteiger charge is 2.15. The number of aryl methyl sites for hydroxylation is 1. The fraction of sp³-hybridized carbons (Fsp3) is 0.368. The van der Waals surface area contributed by atoms with Crippen molar-refractivity contribution in [1.82, 2.24) is 9.88 Å². The predicted octanol–water partition coefficient (Wildman–Crippen LogP) is 8.87. The fourth-order valence-electron chi connectivity index (χ4n) is 5.89. The lowest BCUT2D eigenvalue weighted by Gasteiger charge is -2.26. The Morgan fingerprint density at radius 2 is 1.58 bits per heavy atom. The molecule has 1 saturated heterocycles. The average molecular weight is 624 g/mol. The minimum Gasteiger partial charge on any atom is -0.493 e. The molecule has 0 aliphatic carbocycles. The van der Waals surface area contributed by atoms with Crippen molar-refractivity contribution >= 4 is 11.6 Å². The van der Waals surface area contributed by atoms with E-state index in [1.165, 1.54) is 44.1 Å². The molecule has 0 bridgehead atoms. The van der Waals surface area contributed by atoms with Crippen LogP contribution < -0.4 is 14.2 Å². The van der Waals surface area contributed by atoms with Crippen molar-refractivity contribution in [3.63, 3.8) is 0 Å². The number of likely N-dealkylation sites (tertiary alicyclic amines) is 1. The monoisotopic (exact) mass is 623 g/mol. The van der Waals surface area contributed by atoms with Gasteiger partial charge in [-0.15, -0.1) is 0 Å². The molecule has 7 heteroatoms. The maximum atomic E-state index is 9.19. The topological polar surface area (TPSA) is 67.6 Å². The summed E-state index contributed by atoms with van der Waals surface area (Å²) >= 11 is 6.66. The Balaban J connectivity index is 1.26. The molecular formula is C38H42ClN3O3. The maximum absolute atomic E-state index is 9.19. The molecule has 1 aromatic heterocycles. The first-order valence-corrected chi connectivity index (χ1v) is 16.3. The van der Waals surface area contributed by atoms with Gasteiger partial charge in [-0.05, 0) is 104 Å². The highest BCUT2D eigenvalue weighted by atomic mass is 35.5. The first kappa shape index (κ1) is 32.3. The van der Waals surface area contributed by atoms with Gasteiger partial charge in [0.15, 0.2) is 0 Å². The molecule has 1 aliphatic rings. The second-order valence-electron chi connectivity index (χ2n) is 11.6.